The normalized spacial score (nSPS) is 26.7. The summed E-state index contributed by atoms with van der Waals surface area (Å²) in [5.74, 6) is 3.24. The topological polar surface area (TPSA) is 43.4 Å². The van der Waals surface area contributed by atoms with E-state index in [1.54, 1.807) is 0 Å². The highest BCUT2D eigenvalue weighted by atomic mass is 16.5. The quantitative estimate of drug-likeness (QED) is 0.939. The molecule has 2 aromatic rings. The third-order valence-electron chi connectivity index (χ3n) is 5.01. The van der Waals surface area contributed by atoms with Crippen molar-refractivity contribution in [2.24, 2.45) is 11.8 Å². The SMILES string of the molecule is CC(C)Oc1ccc2nccc(OC3CC[C@@H]4CNC[C@H]34)c2c1. The molecule has 23 heavy (non-hydrogen) atoms. The Morgan fingerprint density at radius 2 is 2.09 bits per heavy atom. The molecular formula is C19H24N2O2. The first kappa shape index (κ1) is 14.8. The van der Waals surface area contributed by atoms with Gasteiger partial charge in [-0.2, -0.15) is 0 Å². The van der Waals surface area contributed by atoms with Gasteiger partial charge in [-0.15, -0.1) is 0 Å². The van der Waals surface area contributed by atoms with Gasteiger partial charge in [0.05, 0.1) is 11.6 Å². The Bertz CT molecular complexity index is 701. The van der Waals surface area contributed by atoms with Gasteiger partial charge in [-0.3, -0.25) is 4.98 Å². The van der Waals surface area contributed by atoms with Crippen molar-refractivity contribution in [3.63, 3.8) is 0 Å². The largest absolute Gasteiger partial charge is 0.491 e. The van der Waals surface area contributed by atoms with Crippen LogP contribution in [0.3, 0.4) is 0 Å². The predicted octanol–water partition coefficient (Wildman–Crippen LogP) is 3.40. The lowest BCUT2D eigenvalue weighted by Crippen LogP contribution is -2.26. The van der Waals surface area contributed by atoms with Crippen LogP contribution in [-0.2, 0) is 0 Å². The molecule has 4 nitrogen and oxygen atoms in total. The van der Waals surface area contributed by atoms with Crippen molar-refractivity contribution in [1.29, 1.82) is 0 Å². The molecule has 1 unspecified atom stereocenters. The third kappa shape index (κ3) is 2.88. The van der Waals surface area contributed by atoms with Crippen molar-refractivity contribution in [3.05, 3.63) is 30.5 Å². The smallest absolute Gasteiger partial charge is 0.130 e. The van der Waals surface area contributed by atoms with E-state index >= 15 is 0 Å². The summed E-state index contributed by atoms with van der Waals surface area (Å²) in [6, 6.07) is 8.02. The molecular weight excluding hydrogens is 288 g/mol. The molecule has 0 radical (unpaired) electrons. The molecule has 2 fully saturated rings. The van der Waals surface area contributed by atoms with E-state index in [0.717, 1.165) is 47.8 Å². The number of rotatable bonds is 4. The zero-order chi connectivity index (χ0) is 15.8. The number of nitrogens with one attached hydrogen (secondary N) is 1. The number of fused-ring (bicyclic) bond motifs is 2. The van der Waals surface area contributed by atoms with Crippen LogP contribution in [0, 0.1) is 11.8 Å². The fourth-order valence-corrected chi connectivity index (χ4v) is 3.95. The van der Waals surface area contributed by atoms with Gasteiger partial charge in [0.25, 0.3) is 0 Å². The van der Waals surface area contributed by atoms with E-state index in [0.29, 0.717) is 12.0 Å². The van der Waals surface area contributed by atoms with Crippen molar-refractivity contribution in [2.45, 2.75) is 38.9 Å². The van der Waals surface area contributed by atoms with E-state index < -0.39 is 0 Å². The zero-order valence-electron chi connectivity index (χ0n) is 13.8. The molecule has 1 saturated carbocycles. The molecule has 4 rings (SSSR count). The molecule has 3 atom stereocenters. The average molecular weight is 312 g/mol. The van der Waals surface area contributed by atoms with Gasteiger partial charge < -0.3 is 14.8 Å². The molecule has 0 amide bonds. The molecule has 1 saturated heterocycles. The van der Waals surface area contributed by atoms with E-state index in [4.69, 9.17) is 9.47 Å². The Balaban J connectivity index is 1.63. The Hall–Kier alpha value is -1.81. The Morgan fingerprint density at radius 1 is 1.17 bits per heavy atom. The lowest BCUT2D eigenvalue weighted by molar-refractivity contribution is 0.160. The monoisotopic (exact) mass is 312 g/mol. The second kappa shape index (κ2) is 6.00. The van der Waals surface area contributed by atoms with Gasteiger partial charge in [0.1, 0.15) is 17.6 Å². The minimum absolute atomic E-state index is 0.161. The molecule has 1 aromatic carbocycles. The number of hydrogen-bond donors (Lipinski definition) is 1. The van der Waals surface area contributed by atoms with Gasteiger partial charge in [0.15, 0.2) is 0 Å². The van der Waals surface area contributed by atoms with Crippen LogP contribution >= 0.6 is 0 Å². The Kier molecular flexibility index (Phi) is 3.85. The number of pyridine rings is 1. The van der Waals surface area contributed by atoms with Crippen LogP contribution in [0.1, 0.15) is 26.7 Å². The molecule has 2 heterocycles. The molecule has 0 spiro atoms. The predicted molar refractivity (Wildman–Crippen MR) is 91.0 cm³/mol. The summed E-state index contributed by atoms with van der Waals surface area (Å²) in [6.45, 7) is 6.31. The minimum Gasteiger partial charge on any atom is -0.491 e. The lowest BCUT2D eigenvalue weighted by Gasteiger charge is -2.21. The van der Waals surface area contributed by atoms with Gasteiger partial charge in [-0.05, 0) is 63.4 Å². The highest BCUT2D eigenvalue weighted by molar-refractivity contribution is 5.86. The van der Waals surface area contributed by atoms with E-state index in [-0.39, 0.29) is 6.10 Å². The van der Waals surface area contributed by atoms with Crippen LogP contribution in [0.4, 0.5) is 0 Å². The van der Waals surface area contributed by atoms with Gasteiger partial charge in [-0.1, -0.05) is 0 Å². The standard InChI is InChI=1S/C19H24N2O2/c1-12(2)22-14-4-5-17-15(9-14)19(7-8-21-17)23-18-6-3-13-10-20-11-16(13)18/h4-5,7-9,12-13,16,18,20H,3,6,10-11H2,1-2H3/t13-,16+,18?/m1/s1. The fraction of sp³-hybridized carbons (Fsp3) is 0.526. The maximum absolute atomic E-state index is 6.43. The number of ether oxygens (including phenoxy) is 2. The Morgan fingerprint density at radius 3 is 2.96 bits per heavy atom. The van der Waals surface area contributed by atoms with Gasteiger partial charge >= 0.3 is 0 Å². The fourth-order valence-electron chi connectivity index (χ4n) is 3.95. The molecule has 2 aliphatic rings. The van der Waals surface area contributed by atoms with Crippen molar-refractivity contribution in [3.8, 4) is 11.5 Å². The lowest BCUT2D eigenvalue weighted by atomic mass is 9.99. The summed E-state index contributed by atoms with van der Waals surface area (Å²) in [5, 5.41) is 4.54. The van der Waals surface area contributed by atoms with Crippen LogP contribution in [0.25, 0.3) is 10.9 Å². The maximum Gasteiger partial charge on any atom is 0.130 e. The van der Waals surface area contributed by atoms with Crippen molar-refractivity contribution >= 4 is 10.9 Å². The van der Waals surface area contributed by atoms with Crippen molar-refractivity contribution in [1.82, 2.24) is 10.3 Å². The van der Waals surface area contributed by atoms with E-state index in [1.165, 1.54) is 6.42 Å². The number of aromatic nitrogens is 1. The minimum atomic E-state index is 0.161. The van der Waals surface area contributed by atoms with Crippen LogP contribution in [0.5, 0.6) is 11.5 Å². The molecule has 1 aliphatic carbocycles. The number of hydrogen-bond acceptors (Lipinski definition) is 4. The first-order chi connectivity index (χ1) is 11.2. The molecule has 4 heteroatoms. The average Bonchev–Trinajstić information content (AvgIpc) is 3.12. The Labute approximate surface area is 137 Å². The summed E-state index contributed by atoms with van der Waals surface area (Å²) in [6.07, 6.45) is 4.74. The van der Waals surface area contributed by atoms with Crippen LogP contribution in [0.15, 0.2) is 30.5 Å². The summed E-state index contributed by atoms with van der Waals surface area (Å²) < 4.78 is 12.3. The maximum atomic E-state index is 6.43. The second-order valence-electron chi connectivity index (χ2n) is 6.97. The van der Waals surface area contributed by atoms with E-state index in [9.17, 15) is 0 Å². The molecule has 1 aromatic heterocycles. The zero-order valence-corrected chi connectivity index (χ0v) is 13.8. The summed E-state index contributed by atoms with van der Waals surface area (Å²) in [7, 11) is 0. The number of nitrogens with zero attached hydrogens (tertiary/aromatic N) is 1. The van der Waals surface area contributed by atoms with Gasteiger partial charge in [0.2, 0.25) is 0 Å². The van der Waals surface area contributed by atoms with E-state index in [1.807, 2.05) is 38.2 Å². The van der Waals surface area contributed by atoms with Crippen LogP contribution in [-0.4, -0.2) is 30.3 Å². The summed E-state index contributed by atoms with van der Waals surface area (Å²) in [4.78, 5) is 4.46. The molecule has 1 N–H and O–H groups in total. The summed E-state index contributed by atoms with van der Waals surface area (Å²) in [5.41, 5.74) is 0.956. The highest BCUT2D eigenvalue weighted by Crippen LogP contribution is 2.38. The molecule has 122 valence electrons. The van der Waals surface area contributed by atoms with Crippen molar-refractivity contribution in [2.75, 3.05) is 13.1 Å². The van der Waals surface area contributed by atoms with Gasteiger partial charge in [0, 0.05) is 24.0 Å². The van der Waals surface area contributed by atoms with E-state index in [2.05, 4.69) is 16.4 Å². The first-order valence-electron chi connectivity index (χ1n) is 8.63. The highest BCUT2D eigenvalue weighted by Gasteiger charge is 2.40. The number of benzene rings is 1. The van der Waals surface area contributed by atoms with Crippen LogP contribution < -0.4 is 14.8 Å². The van der Waals surface area contributed by atoms with Crippen molar-refractivity contribution < 1.29 is 9.47 Å². The molecule has 1 aliphatic heterocycles. The summed E-state index contributed by atoms with van der Waals surface area (Å²) >= 11 is 0. The molecule has 0 bridgehead atoms. The first-order valence-corrected chi connectivity index (χ1v) is 8.63. The second-order valence-corrected chi connectivity index (χ2v) is 6.97. The third-order valence-corrected chi connectivity index (χ3v) is 5.01. The van der Waals surface area contributed by atoms with Crippen LogP contribution in [0.2, 0.25) is 0 Å². The van der Waals surface area contributed by atoms with Gasteiger partial charge in [-0.25, -0.2) is 0 Å².